The normalized spacial score (nSPS) is 17.0. The van der Waals surface area contributed by atoms with Gasteiger partial charge in [0.2, 0.25) is 0 Å². The Labute approximate surface area is 111 Å². The fourth-order valence-corrected chi connectivity index (χ4v) is 2.19. The van der Waals surface area contributed by atoms with Gasteiger partial charge in [0.25, 0.3) is 5.91 Å². The number of esters is 1. The highest BCUT2D eigenvalue weighted by Gasteiger charge is 2.38. The van der Waals surface area contributed by atoms with Gasteiger partial charge in [-0.05, 0) is 19.9 Å². The molecule has 1 heterocycles. The van der Waals surface area contributed by atoms with Gasteiger partial charge < -0.3 is 9.64 Å². The van der Waals surface area contributed by atoms with Crippen LogP contribution in [0.25, 0.3) is 0 Å². The van der Waals surface area contributed by atoms with Crippen molar-refractivity contribution in [3.8, 4) is 6.07 Å². The lowest BCUT2D eigenvalue weighted by Gasteiger charge is -2.18. The standard InChI is InChI=1S/C14H14N2O3/c1-3-19-13(17)8-16-12(7-15)11-6-9(2)4-5-10(11)14(16)18/h4-6,12H,3,8H2,1-2H3. The van der Waals surface area contributed by atoms with Gasteiger partial charge in [-0.2, -0.15) is 5.26 Å². The molecular weight excluding hydrogens is 244 g/mol. The number of benzene rings is 1. The number of carbonyl (C=O) groups excluding carboxylic acids is 2. The lowest BCUT2D eigenvalue weighted by Crippen LogP contribution is -2.33. The molecule has 1 aliphatic rings. The molecule has 98 valence electrons. The predicted octanol–water partition coefficient (Wildman–Crippen LogP) is 1.58. The lowest BCUT2D eigenvalue weighted by molar-refractivity contribution is -0.144. The van der Waals surface area contributed by atoms with Gasteiger partial charge in [0.05, 0.1) is 12.7 Å². The largest absolute Gasteiger partial charge is 0.465 e. The van der Waals surface area contributed by atoms with E-state index in [1.54, 1.807) is 13.0 Å². The SMILES string of the molecule is CCOC(=O)CN1C(=O)c2ccc(C)cc2C1C#N. The summed E-state index contributed by atoms with van der Waals surface area (Å²) in [4.78, 5) is 24.9. The Morgan fingerprint density at radius 2 is 2.26 bits per heavy atom. The first kappa shape index (κ1) is 13.1. The molecule has 5 heteroatoms. The van der Waals surface area contributed by atoms with Crippen molar-refractivity contribution in [1.29, 1.82) is 5.26 Å². The predicted molar refractivity (Wildman–Crippen MR) is 67.2 cm³/mol. The number of carbonyl (C=O) groups is 2. The minimum atomic E-state index is -0.716. The number of hydrogen-bond acceptors (Lipinski definition) is 4. The zero-order chi connectivity index (χ0) is 14.0. The Balaban J connectivity index is 2.31. The minimum absolute atomic E-state index is 0.196. The number of nitriles is 1. The fraction of sp³-hybridized carbons (Fsp3) is 0.357. The van der Waals surface area contributed by atoms with Gasteiger partial charge in [-0.3, -0.25) is 9.59 Å². The molecule has 0 aliphatic carbocycles. The van der Waals surface area contributed by atoms with Gasteiger partial charge in [0.1, 0.15) is 12.6 Å². The number of ether oxygens (including phenoxy) is 1. The Bertz CT molecular complexity index is 575. The summed E-state index contributed by atoms with van der Waals surface area (Å²) in [5.74, 6) is -0.796. The molecule has 0 bridgehead atoms. The number of hydrogen-bond donors (Lipinski definition) is 0. The molecule has 0 aromatic heterocycles. The number of fused-ring (bicyclic) bond motifs is 1. The van der Waals surface area contributed by atoms with Gasteiger partial charge in [-0.1, -0.05) is 17.7 Å². The van der Waals surface area contributed by atoms with Crippen molar-refractivity contribution in [1.82, 2.24) is 4.90 Å². The van der Waals surface area contributed by atoms with Crippen LogP contribution in [0.2, 0.25) is 0 Å². The first-order valence-electron chi connectivity index (χ1n) is 6.05. The van der Waals surface area contributed by atoms with Crippen molar-refractivity contribution >= 4 is 11.9 Å². The summed E-state index contributed by atoms with van der Waals surface area (Å²) >= 11 is 0. The molecular formula is C14H14N2O3. The van der Waals surface area contributed by atoms with Gasteiger partial charge in [0, 0.05) is 11.1 Å². The van der Waals surface area contributed by atoms with E-state index in [0.29, 0.717) is 11.1 Å². The van der Waals surface area contributed by atoms with Crippen LogP contribution in [-0.4, -0.2) is 29.9 Å². The highest BCUT2D eigenvalue weighted by molar-refractivity contribution is 6.01. The van der Waals surface area contributed by atoms with Crippen molar-refractivity contribution in [2.75, 3.05) is 13.2 Å². The van der Waals surface area contributed by atoms with Crippen molar-refractivity contribution < 1.29 is 14.3 Å². The van der Waals surface area contributed by atoms with Crippen LogP contribution in [0.5, 0.6) is 0 Å². The first-order chi connectivity index (χ1) is 9.08. The van der Waals surface area contributed by atoms with E-state index in [2.05, 4.69) is 6.07 Å². The van der Waals surface area contributed by atoms with Crippen molar-refractivity contribution in [3.63, 3.8) is 0 Å². The van der Waals surface area contributed by atoms with E-state index >= 15 is 0 Å². The third-order valence-corrected chi connectivity index (χ3v) is 3.03. The minimum Gasteiger partial charge on any atom is -0.465 e. The monoisotopic (exact) mass is 258 g/mol. The third-order valence-electron chi connectivity index (χ3n) is 3.03. The van der Waals surface area contributed by atoms with Crippen LogP contribution in [0.4, 0.5) is 0 Å². The van der Waals surface area contributed by atoms with E-state index < -0.39 is 12.0 Å². The van der Waals surface area contributed by atoms with Gasteiger partial charge in [-0.15, -0.1) is 0 Å². The zero-order valence-corrected chi connectivity index (χ0v) is 10.8. The van der Waals surface area contributed by atoms with E-state index in [4.69, 9.17) is 4.74 Å². The fourth-order valence-electron chi connectivity index (χ4n) is 2.19. The van der Waals surface area contributed by atoms with E-state index in [1.165, 1.54) is 4.90 Å². The summed E-state index contributed by atoms with van der Waals surface area (Å²) in [6.07, 6.45) is 0. The van der Waals surface area contributed by atoms with Crippen molar-refractivity contribution in [3.05, 3.63) is 34.9 Å². The number of rotatable bonds is 3. The van der Waals surface area contributed by atoms with Crippen molar-refractivity contribution in [2.45, 2.75) is 19.9 Å². The average molecular weight is 258 g/mol. The number of aryl methyl sites for hydroxylation is 1. The first-order valence-corrected chi connectivity index (χ1v) is 6.05. The third kappa shape index (κ3) is 2.29. The summed E-state index contributed by atoms with van der Waals surface area (Å²) in [6.45, 7) is 3.65. The molecule has 0 radical (unpaired) electrons. The highest BCUT2D eigenvalue weighted by atomic mass is 16.5. The quantitative estimate of drug-likeness (QED) is 0.772. The maximum atomic E-state index is 12.2. The molecule has 0 saturated carbocycles. The molecule has 1 atom stereocenters. The van der Waals surface area contributed by atoms with E-state index in [9.17, 15) is 14.9 Å². The maximum absolute atomic E-state index is 12.2. The second-order valence-electron chi connectivity index (χ2n) is 4.36. The molecule has 0 N–H and O–H groups in total. The average Bonchev–Trinajstić information content (AvgIpc) is 2.62. The molecule has 19 heavy (non-hydrogen) atoms. The molecule has 1 amide bonds. The van der Waals surface area contributed by atoms with Crippen molar-refractivity contribution in [2.24, 2.45) is 0 Å². The number of nitrogens with zero attached hydrogens (tertiary/aromatic N) is 2. The molecule has 5 nitrogen and oxygen atoms in total. The molecule has 1 aliphatic heterocycles. The Morgan fingerprint density at radius 1 is 1.53 bits per heavy atom. The summed E-state index contributed by atoms with van der Waals surface area (Å²) in [5.41, 5.74) is 2.13. The van der Waals surface area contributed by atoms with Crippen LogP contribution in [0, 0.1) is 18.3 Å². The summed E-state index contributed by atoms with van der Waals surface area (Å²) < 4.78 is 4.83. The zero-order valence-electron chi connectivity index (χ0n) is 10.8. The molecule has 1 aromatic rings. The van der Waals surface area contributed by atoms with Crippen LogP contribution < -0.4 is 0 Å². The Morgan fingerprint density at radius 3 is 2.89 bits per heavy atom. The van der Waals surface area contributed by atoms with Crippen LogP contribution in [0.3, 0.4) is 0 Å². The van der Waals surface area contributed by atoms with Gasteiger partial charge >= 0.3 is 5.97 Å². The van der Waals surface area contributed by atoms with E-state index in [0.717, 1.165) is 5.56 Å². The smallest absolute Gasteiger partial charge is 0.325 e. The summed E-state index contributed by atoms with van der Waals surface area (Å²) in [5, 5.41) is 9.24. The Hall–Kier alpha value is -2.35. The summed E-state index contributed by atoms with van der Waals surface area (Å²) in [7, 11) is 0. The maximum Gasteiger partial charge on any atom is 0.325 e. The molecule has 0 spiro atoms. The van der Waals surface area contributed by atoms with Gasteiger partial charge in [0.15, 0.2) is 0 Å². The van der Waals surface area contributed by atoms with Crippen LogP contribution >= 0.6 is 0 Å². The second kappa shape index (κ2) is 5.11. The topological polar surface area (TPSA) is 70.4 Å². The Kier molecular flexibility index (Phi) is 3.52. The molecule has 0 fully saturated rings. The second-order valence-corrected chi connectivity index (χ2v) is 4.36. The van der Waals surface area contributed by atoms with Crippen LogP contribution in [0.1, 0.15) is 34.5 Å². The van der Waals surface area contributed by atoms with E-state index in [1.807, 2.05) is 19.1 Å². The van der Waals surface area contributed by atoms with Gasteiger partial charge in [-0.25, -0.2) is 0 Å². The molecule has 1 aromatic carbocycles. The van der Waals surface area contributed by atoms with E-state index in [-0.39, 0.29) is 19.1 Å². The molecule has 2 rings (SSSR count). The summed E-state index contributed by atoms with van der Waals surface area (Å²) in [6, 6.07) is 6.68. The molecule has 1 unspecified atom stereocenters. The highest BCUT2D eigenvalue weighted by Crippen LogP contribution is 2.33. The molecule has 0 saturated heterocycles. The lowest BCUT2D eigenvalue weighted by atomic mass is 10.0. The van der Waals surface area contributed by atoms with Crippen LogP contribution in [-0.2, 0) is 9.53 Å². The number of amides is 1. The van der Waals surface area contributed by atoms with Crippen LogP contribution in [0.15, 0.2) is 18.2 Å².